The van der Waals surface area contributed by atoms with Crippen molar-refractivity contribution in [2.75, 3.05) is 13.7 Å². The third kappa shape index (κ3) is 5.53. The molecular formula is C9H17NO4. The van der Waals surface area contributed by atoms with Gasteiger partial charge < -0.3 is 14.8 Å². The Morgan fingerprint density at radius 1 is 1.50 bits per heavy atom. The average molecular weight is 203 g/mol. The van der Waals surface area contributed by atoms with Crippen LogP contribution in [0.1, 0.15) is 20.8 Å². The van der Waals surface area contributed by atoms with Gasteiger partial charge in [-0.15, -0.1) is 0 Å². The van der Waals surface area contributed by atoms with Crippen molar-refractivity contribution in [2.24, 2.45) is 0 Å². The molecule has 0 saturated carbocycles. The predicted octanol–water partition coefficient (Wildman–Crippen LogP) is 0.0891. The molecule has 0 heterocycles. The molecule has 14 heavy (non-hydrogen) atoms. The lowest BCUT2D eigenvalue weighted by atomic mass is 10.2. The fourth-order valence-electron chi connectivity index (χ4n) is 0.742. The smallest absolute Gasteiger partial charge is 0.330 e. The van der Waals surface area contributed by atoms with Crippen molar-refractivity contribution in [3.05, 3.63) is 0 Å². The largest absolute Gasteiger partial charge is 0.467 e. The van der Waals surface area contributed by atoms with Crippen molar-refractivity contribution in [3.63, 3.8) is 0 Å². The van der Waals surface area contributed by atoms with Crippen LogP contribution in [0.25, 0.3) is 0 Å². The first-order valence-corrected chi connectivity index (χ1v) is 4.32. The Bertz CT molecular complexity index is 197. The molecule has 0 bridgehead atoms. The molecule has 0 unspecified atom stereocenters. The molecule has 0 rings (SSSR count). The number of ether oxygens (including phenoxy) is 2. The lowest BCUT2D eigenvalue weighted by molar-refractivity contribution is -0.147. The minimum Gasteiger partial charge on any atom is -0.467 e. The van der Waals surface area contributed by atoms with Gasteiger partial charge in [-0.25, -0.2) is 4.79 Å². The third-order valence-corrected chi connectivity index (χ3v) is 1.44. The third-order valence-electron chi connectivity index (χ3n) is 1.44. The van der Waals surface area contributed by atoms with E-state index in [1.54, 1.807) is 0 Å². The Morgan fingerprint density at radius 3 is 2.43 bits per heavy atom. The standard InChI is InChI=1S/C9H17NO4/c1-9(2,3)14-5-7(10-6-11)8(12)13-4/h6-7H,5H2,1-4H3,(H,10,11)/t7-/m0/s1. The second-order valence-corrected chi connectivity index (χ2v) is 3.78. The Balaban J connectivity index is 4.10. The second-order valence-electron chi connectivity index (χ2n) is 3.78. The van der Waals surface area contributed by atoms with Gasteiger partial charge in [0.15, 0.2) is 6.04 Å². The number of esters is 1. The molecule has 0 aliphatic heterocycles. The first-order valence-electron chi connectivity index (χ1n) is 4.32. The van der Waals surface area contributed by atoms with Gasteiger partial charge in [0.2, 0.25) is 6.41 Å². The number of carbonyl (C=O) groups is 2. The SMILES string of the molecule is COC(=O)[C@H](COC(C)(C)C)NC=O. The van der Waals surface area contributed by atoms with Crippen molar-refractivity contribution in [1.29, 1.82) is 0 Å². The summed E-state index contributed by atoms with van der Waals surface area (Å²) < 4.78 is 9.83. The highest BCUT2D eigenvalue weighted by Crippen LogP contribution is 2.07. The maximum atomic E-state index is 11.1. The molecule has 0 aromatic carbocycles. The summed E-state index contributed by atoms with van der Waals surface area (Å²) in [7, 11) is 1.26. The van der Waals surface area contributed by atoms with Crippen molar-refractivity contribution in [2.45, 2.75) is 32.4 Å². The maximum absolute atomic E-state index is 11.1. The van der Waals surface area contributed by atoms with Gasteiger partial charge in [-0.3, -0.25) is 4.79 Å². The summed E-state index contributed by atoms with van der Waals surface area (Å²) in [5, 5.41) is 2.33. The Hall–Kier alpha value is -1.10. The summed E-state index contributed by atoms with van der Waals surface area (Å²) in [5.41, 5.74) is -0.350. The monoisotopic (exact) mass is 203 g/mol. The van der Waals surface area contributed by atoms with E-state index in [2.05, 4.69) is 10.1 Å². The molecule has 1 amide bonds. The predicted molar refractivity (Wildman–Crippen MR) is 50.7 cm³/mol. The molecule has 1 N–H and O–H groups in total. The normalized spacial score (nSPS) is 13.1. The zero-order chi connectivity index (χ0) is 11.2. The van der Waals surface area contributed by atoms with Crippen LogP contribution in [0.15, 0.2) is 0 Å². The van der Waals surface area contributed by atoms with Gasteiger partial charge in [-0.2, -0.15) is 0 Å². The topological polar surface area (TPSA) is 64.6 Å². The molecule has 0 fully saturated rings. The van der Waals surface area contributed by atoms with Crippen molar-refractivity contribution in [1.82, 2.24) is 5.32 Å². The highest BCUT2D eigenvalue weighted by atomic mass is 16.5. The van der Waals surface area contributed by atoms with E-state index in [-0.39, 0.29) is 12.2 Å². The maximum Gasteiger partial charge on any atom is 0.330 e. The molecule has 0 aromatic rings. The van der Waals surface area contributed by atoms with Crippen LogP contribution in [-0.4, -0.2) is 37.7 Å². The zero-order valence-corrected chi connectivity index (χ0v) is 8.99. The van der Waals surface area contributed by atoms with Gasteiger partial charge in [0.05, 0.1) is 19.3 Å². The van der Waals surface area contributed by atoms with Gasteiger partial charge in [0.1, 0.15) is 0 Å². The van der Waals surface area contributed by atoms with Gasteiger partial charge >= 0.3 is 5.97 Å². The van der Waals surface area contributed by atoms with Crippen molar-refractivity contribution >= 4 is 12.4 Å². The van der Waals surface area contributed by atoms with Crippen molar-refractivity contribution < 1.29 is 19.1 Å². The number of amides is 1. The molecule has 0 spiro atoms. The summed E-state index contributed by atoms with van der Waals surface area (Å²) >= 11 is 0. The van der Waals surface area contributed by atoms with E-state index >= 15 is 0 Å². The molecule has 5 heteroatoms. The number of methoxy groups -OCH3 is 1. The lowest BCUT2D eigenvalue weighted by Gasteiger charge is -2.22. The highest BCUT2D eigenvalue weighted by Gasteiger charge is 2.21. The lowest BCUT2D eigenvalue weighted by Crippen LogP contribution is -2.42. The number of carbonyl (C=O) groups excluding carboxylic acids is 2. The van der Waals surface area contributed by atoms with E-state index < -0.39 is 12.0 Å². The number of nitrogens with one attached hydrogen (secondary N) is 1. The van der Waals surface area contributed by atoms with Gasteiger partial charge in [0, 0.05) is 0 Å². The Labute approximate surface area is 83.8 Å². The van der Waals surface area contributed by atoms with Gasteiger partial charge in [0.25, 0.3) is 0 Å². The van der Waals surface area contributed by atoms with E-state index in [0.717, 1.165) is 0 Å². The number of hydrogen-bond acceptors (Lipinski definition) is 4. The molecule has 0 saturated heterocycles. The van der Waals surface area contributed by atoms with Crippen LogP contribution in [0.4, 0.5) is 0 Å². The van der Waals surface area contributed by atoms with Crippen LogP contribution in [0.3, 0.4) is 0 Å². The average Bonchev–Trinajstić information content (AvgIpc) is 2.09. The fourth-order valence-corrected chi connectivity index (χ4v) is 0.742. The fraction of sp³-hybridized carbons (Fsp3) is 0.778. The van der Waals surface area contributed by atoms with Crippen LogP contribution < -0.4 is 5.32 Å². The number of hydrogen-bond donors (Lipinski definition) is 1. The Morgan fingerprint density at radius 2 is 2.07 bits per heavy atom. The molecule has 0 aromatic heterocycles. The van der Waals surface area contributed by atoms with Crippen LogP contribution in [0.5, 0.6) is 0 Å². The molecule has 82 valence electrons. The summed E-state index contributed by atoms with van der Waals surface area (Å²) in [6, 6.07) is -0.739. The molecule has 1 atom stereocenters. The quantitative estimate of drug-likeness (QED) is 0.508. The van der Waals surface area contributed by atoms with Gasteiger partial charge in [-0.1, -0.05) is 0 Å². The summed E-state index contributed by atoms with van der Waals surface area (Å²) in [5.74, 6) is -0.513. The van der Waals surface area contributed by atoms with E-state index in [9.17, 15) is 9.59 Å². The van der Waals surface area contributed by atoms with Crippen molar-refractivity contribution in [3.8, 4) is 0 Å². The van der Waals surface area contributed by atoms with Crippen LogP contribution in [0, 0.1) is 0 Å². The second kappa shape index (κ2) is 5.59. The molecule has 0 aliphatic rings. The van der Waals surface area contributed by atoms with E-state index in [0.29, 0.717) is 6.41 Å². The minimum absolute atomic E-state index is 0.106. The van der Waals surface area contributed by atoms with E-state index in [4.69, 9.17) is 4.74 Å². The van der Waals surface area contributed by atoms with Gasteiger partial charge in [-0.05, 0) is 20.8 Å². The van der Waals surface area contributed by atoms with E-state index in [1.165, 1.54) is 7.11 Å². The summed E-state index contributed by atoms with van der Waals surface area (Å²) in [6.07, 6.45) is 0.452. The summed E-state index contributed by atoms with van der Waals surface area (Å²) in [4.78, 5) is 21.3. The molecule has 0 aliphatic carbocycles. The van der Waals surface area contributed by atoms with Crippen LogP contribution in [0.2, 0.25) is 0 Å². The molecular weight excluding hydrogens is 186 g/mol. The zero-order valence-electron chi connectivity index (χ0n) is 8.99. The first kappa shape index (κ1) is 12.9. The number of rotatable bonds is 5. The highest BCUT2D eigenvalue weighted by molar-refractivity contribution is 5.78. The Kier molecular flexibility index (Phi) is 5.15. The van der Waals surface area contributed by atoms with E-state index in [1.807, 2.05) is 20.8 Å². The molecule has 5 nitrogen and oxygen atoms in total. The van der Waals surface area contributed by atoms with Crippen LogP contribution >= 0.6 is 0 Å². The molecule has 0 radical (unpaired) electrons. The van der Waals surface area contributed by atoms with Crippen LogP contribution in [-0.2, 0) is 19.1 Å². The minimum atomic E-state index is -0.739. The first-order chi connectivity index (χ1) is 6.40. The summed E-state index contributed by atoms with van der Waals surface area (Å²) in [6.45, 7) is 5.70.